The third kappa shape index (κ3) is 4.47. The number of fused-ring (bicyclic) bond motifs is 1. The Hall–Kier alpha value is 0.460. The van der Waals surface area contributed by atoms with Gasteiger partial charge in [0.1, 0.15) is 0 Å². The first-order valence-corrected chi connectivity index (χ1v) is 7.60. The molecule has 0 aromatic carbocycles. The zero-order valence-electron chi connectivity index (χ0n) is 11.9. The van der Waals surface area contributed by atoms with Crippen molar-refractivity contribution in [2.75, 3.05) is 45.8 Å². The smallest absolute Gasteiger partial charge is 0.0124 e. The molecule has 1 aliphatic carbocycles. The molecule has 19 heavy (non-hydrogen) atoms. The zero-order chi connectivity index (χ0) is 11.5. The molecule has 2 atom stereocenters. The van der Waals surface area contributed by atoms with Crippen LogP contribution in [0, 0.1) is 5.92 Å². The predicted molar refractivity (Wildman–Crippen MR) is 85.7 cm³/mol. The van der Waals surface area contributed by atoms with E-state index in [1.807, 2.05) is 0 Å². The Morgan fingerprint density at radius 1 is 0.842 bits per heavy atom. The van der Waals surface area contributed by atoms with Crippen molar-refractivity contribution < 1.29 is 0 Å². The first-order chi connectivity index (χ1) is 8.43. The van der Waals surface area contributed by atoms with Crippen LogP contribution in [0.15, 0.2) is 0 Å². The summed E-state index contributed by atoms with van der Waals surface area (Å²) in [6.45, 7) is 8.86. The summed E-state index contributed by atoms with van der Waals surface area (Å²) in [4.78, 5) is 5.44. The topological polar surface area (TPSA) is 18.5 Å². The van der Waals surface area contributed by atoms with Crippen LogP contribution in [-0.4, -0.2) is 61.7 Å². The quantitative estimate of drug-likeness (QED) is 0.860. The van der Waals surface area contributed by atoms with Crippen LogP contribution in [0.2, 0.25) is 0 Å². The molecule has 3 fully saturated rings. The van der Waals surface area contributed by atoms with Crippen molar-refractivity contribution in [2.24, 2.45) is 5.92 Å². The second-order valence-corrected chi connectivity index (χ2v) is 6.03. The second-order valence-electron chi connectivity index (χ2n) is 6.03. The lowest BCUT2D eigenvalue weighted by atomic mass is 9.92. The average molecular weight is 310 g/mol. The molecule has 0 aromatic rings. The maximum atomic E-state index is 3.43. The Balaban J connectivity index is 0.000000902. The molecule has 2 heterocycles. The third-order valence-electron chi connectivity index (χ3n) is 5.02. The van der Waals surface area contributed by atoms with E-state index in [9.17, 15) is 0 Å². The Bertz CT molecular complexity index is 247. The average Bonchev–Trinajstić information content (AvgIpc) is 2.86. The van der Waals surface area contributed by atoms with Crippen LogP contribution in [0.5, 0.6) is 0 Å². The van der Waals surface area contributed by atoms with Crippen molar-refractivity contribution in [2.45, 2.75) is 38.1 Å². The highest BCUT2D eigenvalue weighted by Gasteiger charge is 2.34. The minimum absolute atomic E-state index is 0. The Kier molecular flexibility index (Phi) is 8.00. The van der Waals surface area contributed by atoms with Gasteiger partial charge in [-0.3, -0.25) is 9.80 Å². The Morgan fingerprint density at radius 2 is 1.58 bits per heavy atom. The summed E-state index contributed by atoms with van der Waals surface area (Å²) in [6.07, 6.45) is 7.43. The fraction of sp³-hybridized carbons (Fsp3) is 1.00. The summed E-state index contributed by atoms with van der Waals surface area (Å²) in [5, 5.41) is 3.43. The zero-order valence-corrected chi connectivity index (χ0v) is 13.5. The number of halogens is 2. The highest BCUT2D eigenvalue weighted by Crippen LogP contribution is 2.36. The minimum Gasteiger partial charge on any atom is -0.314 e. The van der Waals surface area contributed by atoms with Gasteiger partial charge in [0.25, 0.3) is 0 Å². The standard InChI is InChI=1S/C14H27N3.2ClH/c1-3-13-4-2-8-17(14(13)5-1)12-11-16-9-6-15-7-10-16;;/h13-15H,1-12H2;2*1H. The summed E-state index contributed by atoms with van der Waals surface area (Å²) < 4.78 is 0. The maximum absolute atomic E-state index is 3.43. The molecule has 0 aromatic heterocycles. The minimum atomic E-state index is 0. The molecule has 5 heteroatoms. The molecule has 3 nitrogen and oxygen atoms in total. The molecule has 0 radical (unpaired) electrons. The van der Waals surface area contributed by atoms with Gasteiger partial charge in [0.15, 0.2) is 0 Å². The molecule has 2 saturated heterocycles. The number of piperidine rings is 1. The van der Waals surface area contributed by atoms with Crippen LogP contribution in [0.25, 0.3) is 0 Å². The molecule has 2 aliphatic heterocycles. The summed E-state index contributed by atoms with van der Waals surface area (Å²) in [7, 11) is 0. The lowest BCUT2D eigenvalue weighted by Gasteiger charge is -2.39. The van der Waals surface area contributed by atoms with Crippen LogP contribution in [-0.2, 0) is 0 Å². The van der Waals surface area contributed by atoms with Crippen LogP contribution in [0.3, 0.4) is 0 Å². The number of nitrogens with zero attached hydrogens (tertiary/aromatic N) is 2. The van der Waals surface area contributed by atoms with E-state index in [0.717, 1.165) is 12.0 Å². The van der Waals surface area contributed by atoms with Gasteiger partial charge in [-0.25, -0.2) is 0 Å². The van der Waals surface area contributed by atoms with Crippen molar-refractivity contribution >= 4 is 24.8 Å². The van der Waals surface area contributed by atoms with Crippen LogP contribution in [0.1, 0.15) is 32.1 Å². The van der Waals surface area contributed by atoms with E-state index in [0.29, 0.717) is 0 Å². The lowest BCUT2D eigenvalue weighted by Crippen LogP contribution is -2.49. The van der Waals surface area contributed by atoms with Gasteiger partial charge in [-0.05, 0) is 38.1 Å². The summed E-state index contributed by atoms with van der Waals surface area (Å²) >= 11 is 0. The van der Waals surface area contributed by atoms with Gasteiger partial charge in [0.2, 0.25) is 0 Å². The molecule has 3 rings (SSSR count). The Labute approximate surface area is 130 Å². The van der Waals surface area contributed by atoms with E-state index in [4.69, 9.17) is 0 Å². The van der Waals surface area contributed by atoms with Crippen LogP contribution >= 0.6 is 24.8 Å². The van der Waals surface area contributed by atoms with E-state index in [1.54, 1.807) is 0 Å². The van der Waals surface area contributed by atoms with Gasteiger partial charge in [0.05, 0.1) is 0 Å². The fourth-order valence-electron chi connectivity index (χ4n) is 4.04. The van der Waals surface area contributed by atoms with Gasteiger partial charge < -0.3 is 5.32 Å². The maximum Gasteiger partial charge on any atom is 0.0124 e. The third-order valence-corrected chi connectivity index (χ3v) is 5.02. The van der Waals surface area contributed by atoms with Crippen LogP contribution in [0.4, 0.5) is 0 Å². The number of nitrogens with one attached hydrogen (secondary N) is 1. The summed E-state index contributed by atoms with van der Waals surface area (Å²) in [5.41, 5.74) is 0. The number of rotatable bonds is 3. The van der Waals surface area contributed by atoms with Crippen molar-refractivity contribution in [1.29, 1.82) is 0 Å². The monoisotopic (exact) mass is 309 g/mol. The van der Waals surface area contributed by atoms with Crippen LogP contribution < -0.4 is 5.32 Å². The summed E-state index contributed by atoms with van der Waals surface area (Å²) in [5.74, 6) is 1.05. The first-order valence-electron chi connectivity index (χ1n) is 7.60. The van der Waals surface area contributed by atoms with Gasteiger partial charge >= 0.3 is 0 Å². The molecule has 0 amide bonds. The molecule has 0 bridgehead atoms. The highest BCUT2D eigenvalue weighted by molar-refractivity contribution is 5.85. The molecule has 1 saturated carbocycles. The Morgan fingerprint density at radius 3 is 2.37 bits per heavy atom. The molecule has 3 aliphatic rings. The number of hydrogen-bond acceptors (Lipinski definition) is 3. The predicted octanol–water partition coefficient (Wildman–Crippen LogP) is 2.00. The van der Waals surface area contributed by atoms with Crippen molar-refractivity contribution in [3.8, 4) is 0 Å². The molecule has 0 spiro atoms. The summed E-state index contributed by atoms with van der Waals surface area (Å²) in [6, 6.07) is 0.951. The first kappa shape index (κ1) is 17.5. The van der Waals surface area contributed by atoms with Crippen molar-refractivity contribution in [1.82, 2.24) is 15.1 Å². The van der Waals surface area contributed by atoms with Gasteiger partial charge in [0, 0.05) is 45.3 Å². The second kappa shape index (κ2) is 8.68. The van der Waals surface area contributed by atoms with E-state index in [1.165, 1.54) is 77.9 Å². The van der Waals surface area contributed by atoms with Crippen molar-refractivity contribution in [3.05, 3.63) is 0 Å². The van der Waals surface area contributed by atoms with E-state index in [-0.39, 0.29) is 24.8 Å². The SMILES string of the molecule is C1CC2CCCN(CCN3CCNCC3)C2C1.Cl.Cl. The van der Waals surface area contributed by atoms with Crippen molar-refractivity contribution in [3.63, 3.8) is 0 Å². The lowest BCUT2D eigenvalue weighted by molar-refractivity contribution is 0.0946. The van der Waals surface area contributed by atoms with Gasteiger partial charge in [-0.15, -0.1) is 24.8 Å². The molecule has 114 valence electrons. The van der Waals surface area contributed by atoms with Gasteiger partial charge in [-0.1, -0.05) is 6.42 Å². The molecule has 2 unspecified atom stereocenters. The molecular weight excluding hydrogens is 281 g/mol. The highest BCUT2D eigenvalue weighted by atomic mass is 35.5. The largest absolute Gasteiger partial charge is 0.314 e. The molecule has 1 N–H and O–H groups in total. The van der Waals surface area contributed by atoms with E-state index >= 15 is 0 Å². The number of likely N-dealkylation sites (tertiary alicyclic amines) is 1. The molecular formula is C14H29Cl2N3. The van der Waals surface area contributed by atoms with E-state index < -0.39 is 0 Å². The fourth-order valence-corrected chi connectivity index (χ4v) is 4.04. The number of piperazine rings is 1. The van der Waals surface area contributed by atoms with E-state index in [2.05, 4.69) is 15.1 Å². The number of hydrogen-bond donors (Lipinski definition) is 1. The van der Waals surface area contributed by atoms with Gasteiger partial charge in [-0.2, -0.15) is 0 Å². The normalized spacial score (nSPS) is 32.2.